The first-order valence-corrected chi connectivity index (χ1v) is 10.0. The first kappa shape index (κ1) is 18.5. The van der Waals surface area contributed by atoms with Crippen molar-refractivity contribution in [1.29, 1.82) is 0 Å². The summed E-state index contributed by atoms with van der Waals surface area (Å²) in [6.07, 6.45) is 2.03. The van der Waals surface area contributed by atoms with E-state index >= 15 is 0 Å². The van der Waals surface area contributed by atoms with Crippen molar-refractivity contribution >= 4 is 22.5 Å². The van der Waals surface area contributed by atoms with E-state index in [1.54, 1.807) is 12.1 Å². The third-order valence-electron chi connectivity index (χ3n) is 6.24. The summed E-state index contributed by atoms with van der Waals surface area (Å²) in [5, 5.41) is 2.05. The van der Waals surface area contributed by atoms with Gasteiger partial charge in [0.05, 0.1) is 0 Å². The molecule has 0 saturated carbocycles. The van der Waals surface area contributed by atoms with Crippen molar-refractivity contribution in [3.63, 3.8) is 0 Å². The second-order valence-electron chi connectivity index (χ2n) is 8.08. The van der Waals surface area contributed by atoms with Crippen molar-refractivity contribution in [2.24, 2.45) is 0 Å². The van der Waals surface area contributed by atoms with E-state index in [1.165, 1.54) is 27.7 Å². The van der Waals surface area contributed by atoms with E-state index in [-0.39, 0.29) is 11.2 Å². The molecule has 2 heterocycles. The summed E-state index contributed by atoms with van der Waals surface area (Å²) < 4.78 is 15.9. The number of hydrogen-bond donors (Lipinski definition) is 0. The van der Waals surface area contributed by atoms with Crippen molar-refractivity contribution in [3.8, 4) is 0 Å². The first-order valence-electron chi connectivity index (χ1n) is 9.65. The minimum Gasteiger partial charge on any atom is -0.343 e. The van der Waals surface area contributed by atoms with Gasteiger partial charge in [-0.15, -0.1) is 0 Å². The Morgan fingerprint density at radius 3 is 2.59 bits per heavy atom. The standard InChI is InChI=1S/C23H26ClFN2/c1-4-23(2,16-5-8-18(25)9-6-16)15-27-21-10-7-17(24)13-19(21)20-14-26(3)12-11-22(20)27/h5-10,13H,4,11-12,14-15H2,1-3H3. The minimum atomic E-state index is -0.182. The molecule has 3 aromatic rings. The van der Waals surface area contributed by atoms with E-state index in [1.807, 2.05) is 18.2 Å². The summed E-state index contributed by atoms with van der Waals surface area (Å²) in [6, 6.07) is 13.2. The van der Waals surface area contributed by atoms with Crippen LogP contribution >= 0.6 is 11.6 Å². The molecule has 0 N–H and O–H groups in total. The van der Waals surface area contributed by atoms with Crippen LogP contribution in [0.15, 0.2) is 42.5 Å². The Labute approximate surface area is 165 Å². The number of fused-ring (bicyclic) bond motifs is 3. The molecule has 1 aliphatic heterocycles. The predicted molar refractivity (Wildman–Crippen MR) is 111 cm³/mol. The van der Waals surface area contributed by atoms with E-state index in [0.717, 1.165) is 37.5 Å². The van der Waals surface area contributed by atoms with Crippen LogP contribution in [-0.4, -0.2) is 23.1 Å². The van der Waals surface area contributed by atoms with Crippen LogP contribution in [0.3, 0.4) is 0 Å². The molecule has 0 fully saturated rings. The van der Waals surface area contributed by atoms with E-state index in [0.29, 0.717) is 0 Å². The van der Waals surface area contributed by atoms with Crippen molar-refractivity contribution in [2.45, 2.75) is 45.2 Å². The normalized spacial score (nSPS) is 17.1. The fraction of sp³-hybridized carbons (Fsp3) is 0.391. The minimum absolute atomic E-state index is 0.0591. The number of hydrogen-bond acceptors (Lipinski definition) is 1. The highest BCUT2D eigenvalue weighted by atomic mass is 35.5. The van der Waals surface area contributed by atoms with Crippen LogP contribution < -0.4 is 0 Å². The third kappa shape index (κ3) is 3.28. The Hall–Kier alpha value is -1.84. The van der Waals surface area contributed by atoms with Gasteiger partial charge in [-0.1, -0.05) is 37.6 Å². The molecule has 27 heavy (non-hydrogen) atoms. The zero-order chi connectivity index (χ0) is 19.2. The molecule has 4 heteroatoms. The van der Waals surface area contributed by atoms with Gasteiger partial charge in [0.2, 0.25) is 0 Å². The summed E-state index contributed by atoms with van der Waals surface area (Å²) in [5.74, 6) is -0.182. The molecular formula is C23H26ClFN2. The second-order valence-corrected chi connectivity index (χ2v) is 8.52. The molecule has 1 aliphatic rings. The van der Waals surface area contributed by atoms with Gasteiger partial charge in [-0.05, 0) is 54.9 Å². The largest absolute Gasteiger partial charge is 0.343 e. The Kier molecular flexibility index (Phi) is 4.77. The van der Waals surface area contributed by atoms with Gasteiger partial charge >= 0.3 is 0 Å². The maximum atomic E-state index is 13.4. The summed E-state index contributed by atoms with van der Waals surface area (Å²) in [6.45, 7) is 7.40. The van der Waals surface area contributed by atoms with E-state index < -0.39 is 0 Å². The summed E-state index contributed by atoms with van der Waals surface area (Å²) in [5.41, 5.74) is 5.20. The monoisotopic (exact) mass is 384 g/mol. The molecule has 1 unspecified atom stereocenters. The van der Waals surface area contributed by atoms with Gasteiger partial charge in [0.25, 0.3) is 0 Å². The molecule has 0 bridgehead atoms. The second kappa shape index (κ2) is 6.96. The molecule has 0 radical (unpaired) electrons. The van der Waals surface area contributed by atoms with Gasteiger partial charge in [0, 0.05) is 53.1 Å². The number of likely N-dealkylation sites (N-methyl/N-ethyl adjacent to an activating group) is 1. The Morgan fingerprint density at radius 1 is 1.15 bits per heavy atom. The van der Waals surface area contributed by atoms with Crippen molar-refractivity contribution in [3.05, 3.63) is 70.1 Å². The lowest BCUT2D eigenvalue weighted by Gasteiger charge is -2.32. The molecule has 0 aliphatic carbocycles. The molecule has 2 aromatic carbocycles. The van der Waals surface area contributed by atoms with Gasteiger partial charge in [-0.3, -0.25) is 0 Å². The lowest BCUT2D eigenvalue weighted by atomic mass is 9.79. The van der Waals surface area contributed by atoms with Gasteiger partial charge in [0.1, 0.15) is 5.82 Å². The van der Waals surface area contributed by atoms with Crippen LogP contribution in [0, 0.1) is 5.82 Å². The molecule has 0 spiro atoms. The summed E-state index contributed by atoms with van der Waals surface area (Å²) >= 11 is 6.32. The SMILES string of the molecule is CCC(C)(Cn1c2c(c3cc(Cl)ccc31)CN(C)CC2)c1ccc(F)cc1. The quantitative estimate of drug-likeness (QED) is 0.552. The van der Waals surface area contributed by atoms with Crippen LogP contribution in [0.1, 0.15) is 37.1 Å². The fourth-order valence-corrected chi connectivity index (χ4v) is 4.52. The highest BCUT2D eigenvalue weighted by Gasteiger charge is 2.30. The van der Waals surface area contributed by atoms with Crippen LogP contribution in [0.5, 0.6) is 0 Å². The van der Waals surface area contributed by atoms with Gasteiger partial charge in [-0.25, -0.2) is 4.39 Å². The van der Waals surface area contributed by atoms with Crippen molar-refractivity contribution in [1.82, 2.24) is 9.47 Å². The maximum absolute atomic E-state index is 13.4. The van der Waals surface area contributed by atoms with Gasteiger partial charge in [0.15, 0.2) is 0 Å². The lowest BCUT2D eigenvalue weighted by molar-refractivity contribution is 0.303. The van der Waals surface area contributed by atoms with Crippen LogP contribution in [-0.2, 0) is 24.9 Å². The van der Waals surface area contributed by atoms with Gasteiger partial charge < -0.3 is 9.47 Å². The smallest absolute Gasteiger partial charge is 0.123 e. The van der Waals surface area contributed by atoms with Gasteiger partial charge in [-0.2, -0.15) is 0 Å². The molecule has 2 nitrogen and oxygen atoms in total. The molecule has 4 rings (SSSR count). The van der Waals surface area contributed by atoms with Crippen LogP contribution in [0.4, 0.5) is 4.39 Å². The average Bonchev–Trinajstić information content (AvgIpc) is 2.94. The highest BCUT2D eigenvalue weighted by molar-refractivity contribution is 6.31. The fourth-order valence-electron chi connectivity index (χ4n) is 4.35. The molecule has 142 valence electrons. The van der Waals surface area contributed by atoms with Crippen molar-refractivity contribution in [2.75, 3.05) is 13.6 Å². The first-order chi connectivity index (χ1) is 12.9. The molecule has 1 atom stereocenters. The number of aromatic nitrogens is 1. The summed E-state index contributed by atoms with van der Waals surface area (Å²) in [4.78, 5) is 2.37. The predicted octanol–water partition coefficient (Wildman–Crippen LogP) is 5.79. The van der Waals surface area contributed by atoms with Crippen LogP contribution in [0.25, 0.3) is 10.9 Å². The van der Waals surface area contributed by atoms with Crippen molar-refractivity contribution < 1.29 is 4.39 Å². The zero-order valence-electron chi connectivity index (χ0n) is 16.2. The average molecular weight is 385 g/mol. The van der Waals surface area contributed by atoms with E-state index in [4.69, 9.17) is 11.6 Å². The van der Waals surface area contributed by atoms with E-state index in [2.05, 4.69) is 42.5 Å². The van der Waals surface area contributed by atoms with E-state index in [9.17, 15) is 4.39 Å². The number of nitrogens with zero attached hydrogens (tertiary/aromatic N) is 2. The Balaban J connectivity index is 1.84. The Morgan fingerprint density at radius 2 is 1.89 bits per heavy atom. The highest BCUT2D eigenvalue weighted by Crippen LogP contribution is 2.37. The summed E-state index contributed by atoms with van der Waals surface area (Å²) in [7, 11) is 2.17. The molecular weight excluding hydrogens is 359 g/mol. The van der Waals surface area contributed by atoms with Crippen LogP contribution in [0.2, 0.25) is 5.02 Å². The number of benzene rings is 2. The Bertz CT molecular complexity index is 976. The third-order valence-corrected chi connectivity index (χ3v) is 6.47. The number of halogens is 2. The molecule has 0 amide bonds. The maximum Gasteiger partial charge on any atom is 0.123 e. The topological polar surface area (TPSA) is 8.17 Å². The zero-order valence-corrected chi connectivity index (χ0v) is 17.0. The molecule has 0 saturated heterocycles. The number of rotatable bonds is 4. The lowest BCUT2D eigenvalue weighted by Crippen LogP contribution is -2.31. The molecule has 1 aromatic heterocycles.